The number of aromatic nitrogens is 1. The molecule has 1 N–H and O–H groups in total. The molecular formula is C12H11N3O4S. The van der Waals surface area contributed by atoms with E-state index in [2.05, 4.69) is 10.3 Å². The van der Waals surface area contributed by atoms with E-state index in [1.165, 1.54) is 13.0 Å². The molecule has 0 aromatic carbocycles. The van der Waals surface area contributed by atoms with Crippen molar-refractivity contribution in [1.29, 1.82) is 0 Å². The minimum atomic E-state index is -0.532. The fourth-order valence-corrected chi connectivity index (χ4v) is 2.29. The highest BCUT2D eigenvalue weighted by molar-refractivity contribution is 7.19. The number of carbonyl (C=O) groups excluding carboxylic acids is 1. The second-order valence-electron chi connectivity index (χ2n) is 3.93. The summed E-state index contributed by atoms with van der Waals surface area (Å²) in [6.45, 7) is 3.12. The van der Waals surface area contributed by atoms with E-state index in [0.717, 1.165) is 17.1 Å². The predicted molar refractivity (Wildman–Crippen MR) is 75.4 cm³/mol. The first-order chi connectivity index (χ1) is 9.45. The maximum atomic E-state index is 10.9. The third-order valence-corrected chi connectivity index (χ3v) is 3.19. The van der Waals surface area contributed by atoms with Gasteiger partial charge in [0.05, 0.1) is 4.92 Å². The molecule has 8 heteroatoms. The zero-order valence-corrected chi connectivity index (χ0v) is 11.6. The fourth-order valence-electron chi connectivity index (χ4n) is 1.47. The van der Waals surface area contributed by atoms with Crippen LogP contribution in [0.2, 0.25) is 0 Å². The van der Waals surface area contributed by atoms with Crippen LogP contribution in [0.3, 0.4) is 0 Å². The van der Waals surface area contributed by atoms with Crippen molar-refractivity contribution in [1.82, 2.24) is 4.98 Å². The van der Waals surface area contributed by atoms with Gasteiger partial charge in [0.15, 0.2) is 10.8 Å². The Hall–Kier alpha value is -2.48. The summed E-state index contributed by atoms with van der Waals surface area (Å²) < 4.78 is 5.33. The molecule has 0 aliphatic heterocycles. The molecule has 2 heterocycles. The van der Waals surface area contributed by atoms with E-state index in [-0.39, 0.29) is 21.7 Å². The van der Waals surface area contributed by atoms with Crippen LogP contribution in [0.4, 0.5) is 10.1 Å². The van der Waals surface area contributed by atoms with Gasteiger partial charge in [0.25, 0.3) is 0 Å². The van der Waals surface area contributed by atoms with Crippen LogP contribution in [-0.4, -0.2) is 15.8 Å². The minimum Gasteiger partial charge on any atom is -0.462 e. The molecule has 0 bridgehead atoms. The average Bonchev–Trinajstić information content (AvgIpc) is 2.92. The molecule has 20 heavy (non-hydrogen) atoms. The number of nitrogens with one attached hydrogen (secondary N) is 1. The number of hydrogen-bond acceptors (Lipinski definition) is 6. The van der Waals surface area contributed by atoms with Crippen LogP contribution in [0.25, 0.3) is 12.2 Å². The van der Waals surface area contributed by atoms with Gasteiger partial charge in [-0.05, 0) is 42.5 Å². The number of hydrogen-bond donors (Lipinski definition) is 1. The molecule has 0 unspecified atom stereocenters. The third-order valence-electron chi connectivity index (χ3n) is 2.25. The summed E-state index contributed by atoms with van der Waals surface area (Å²) in [6.07, 6.45) is 3.07. The molecule has 1 amide bonds. The highest BCUT2D eigenvalue weighted by Gasteiger charge is 2.19. The standard InChI is InChI=1S/C12H11N3O4S/c1-7-3-4-9(19-7)5-6-10-11(15(17)18)20-12(14-10)13-8(2)16/h3-6H,1-2H3,(H,13,14,16). The highest BCUT2D eigenvalue weighted by Crippen LogP contribution is 2.31. The molecule has 0 radical (unpaired) electrons. The number of nitrogens with zero attached hydrogens (tertiary/aromatic N) is 2. The first-order valence-corrected chi connectivity index (χ1v) is 6.44. The van der Waals surface area contributed by atoms with Crippen molar-refractivity contribution in [2.24, 2.45) is 0 Å². The summed E-state index contributed by atoms with van der Waals surface area (Å²) >= 11 is 0.812. The Morgan fingerprint density at radius 2 is 2.25 bits per heavy atom. The fraction of sp³-hybridized carbons (Fsp3) is 0.167. The Morgan fingerprint density at radius 1 is 1.50 bits per heavy atom. The van der Waals surface area contributed by atoms with Crippen LogP contribution in [0.5, 0.6) is 0 Å². The Bertz CT molecular complexity index is 687. The van der Waals surface area contributed by atoms with E-state index in [4.69, 9.17) is 4.42 Å². The number of amides is 1. The molecule has 0 spiro atoms. The molecule has 0 atom stereocenters. The van der Waals surface area contributed by atoms with Crippen LogP contribution in [0, 0.1) is 17.0 Å². The summed E-state index contributed by atoms with van der Waals surface area (Å²) in [5.41, 5.74) is 0.179. The molecule has 0 fully saturated rings. The van der Waals surface area contributed by atoms with Crippen LogP contribution in [0.15, 0.2) is 16.5 Å². The lowest BCUT2D eigenvalue weighted by Gasteiger charge is -1.91. The van der Waals surface area contributed by atoms with Gasteiger partial charge in [-0.3, -0.25) is 14.9 Å². The molecule has 2 aromatic rings. The van der Waals surface area contributed by atoms with E-state index < -0.39 is 4.92 Å². The number of thiazole rings is 1. The van der Waals surface area contributed by atoms with Gasteiger partial charge in [-0.15, -0.1) is 0 Å². The van der Waals surface area contributed by atoms with Gasteiger partial charge < -0.3 is 9.73 Å². The van der Waals surface area contributed by atoms with Crippen molar-refractivity contribution in [3.05, 3.63) is 39.5 Å². The van der Waals surface area contributed by atoms with Crippen molar-refractivity contribution in [3.63, 3.8) is 0 Å². The summed E-state index contributed by atoms with van der Waals surface area (Å²) in [6, 6.07) is 3.54. The highest BCUT2D eigenvalue weighted by atomic mass is 32.1. The van der Waals surface area contributed by atoms with Gasteiger partial charge >= 0.3 is 5.00 Å². The zero-order chi connectivity index (χ0) is 14.7. The van der Waals surface area contributed by atoms with E-state index in [0.29, 0.717) is 5.76 Å². The lowest BCUT2D eigenvalue weighted by Crippen LogP contribution is -2.04. The largest absolute Gasteiger partial charge is 0.462 e. The van der Waals surface area contributed by atoms with Gasteiger partial charge in [-0.2, -0.15) is 0 Å². The number of anilines is 1. The smallest absolute Gasteiger partial charge is 0.353 e. The van der Waals surface area contributed by atoms with Crippen molar-refractivity contribution < 1.29 is 14.1 Å². The first-order valence-electron chi connectivity index (χ1n) is 5.63. The quantitative estimate of drug-likeness (QED) is 0.690. The lowest BCUT2D eigenvalue weighted by molar-refractivity contribution is -0.380. The van der Waals surface area contributed by atoms with Crippen LogP contribution in [0.1, 0.15) is 24.1 Å². The van der Waals surface area contributed by atoms with Crippen LogP contribution >= 0.6 is 11.3 Å². The normalized spacial score (nSPS) is 10.9. The first kappa shape index (κ1) is 13.9. The molecule has 2 rings (SSSR count). The average molecular weight is 293 g/mol. The van der Waals surface area contributed by atoms with Gasteiger partial charge in [-0.25, -0.2) is 4.98 Å². The van der Waals surface area contributed by atoms with Crippen LogP contribution < -0.4 is 5.32 Å². The number of rotatable bonds is 4. The lowest BCUT2D eigenvalue weighted by atomic mass is 10.3. The van der Waals surface area contributed by atoms with E-state index >= 15 is 0 Å². The minimum absolute atomic E-state index is 0.131. The third kappa shape index (κ3) is 3.29. The summed E-state index contributed by atoms with van der Waals surface area (Å²) in [5.74, 6) is 0.994. The molecule has 0 aliphatic carbocycles. The maximum absolute atomic E-state index is 10.9. The van der Waals surface area contributed by atoms with Crippen molar-refractivity contribution in [2.45, 2.75) is 13.8 Å². The van der Waals surface area contributed by atoms with Crippen molar-refractivity contribution in [3.8, 4) is 0 Å². The van der Waals surface area contributed by atoms with Crippen molar-refractivity contribution in [2.75, 3.05) is 5.32 Å². The van der Waals surface area contributed by atoms with Crippen molar-refractivity contribution >= 4 is 39.5 Å². The number of furan rings is 1. The molecule has 0 aliphatic rings. The maximum Gasteiger partial charge on any atom is 0.353 e. The molecule has 104 valence electrons. The second-order valence-corrected chi connectivity index (χ2v) is 4.91. The monoisotopic (exact) mass is 293 g/mol. The SMILES string of the molecule is CC(=O)Nc1nc(C=Cc2ccc(C)o2)c([N+](=O)[O-])s1. The zero-order valence-electron chi connectivity index (χ0n) is 10.7. The molecule has 0 saturated carbocycles. The van der Waals surface area contributed by atoms with Crippen LogP contribution in [-0.2, 0) is 4.79 Å². The number of nitro groups is 1. The molecule has 0 saturated heterocycles. The summed E-state index contributed by atoms with van der Waals surface area (Å²) in [4.78, 5) is 25.4. The topological polar surface area (TPSA) is 98.3 Å². The summed E-state index contributed by atoms with van der Waals surface area (Å²) in [7, 11) is 0. The Balaban J connectivity index is 2.29. The Kier molecular flexibility index (Phi) is 3.94. The summed E-state index contributed by atoms with van der Waals surface area (Å²) in [5, 5.41) is 13.4. The van der Waals surface area contributed by atoms with E-state index in [9.17, 15) is 14.9 Å². The predicted octanol–water partition coefficient (Wildman–Crippen LogP) is 3.08. The molecule has 7 nitrogen and oxygen atoms in total. The number of carbonyl (C=O) groups is 1. The van der Waals surface area contributed by atoms with Gasteiger partial charge in [0.1, 0.15) is 11.5 Å². The number of aryl methyl sites for hydroxylation is 1. The van der Waals surface area contributed by atoms with E-state index in [1.54, 1.807) is 25.1 Å². The molecule has 2 aromatic heterocycles. The Labute approximate surface area is 118 Å². The molecular weight excluding hydrogens is 282 g/mol. The second kappa shape index (κ2) is 5.66. The van der Waals surface area contributed by atoms with Gasteiger partial charge in [0, 0.05) is 6.92 Å². The van der Waals surface area contributed by atoms with E-state index in [1.807, 2.05) is 0 Å². The Morgan fingerprint density at radius 3 is 2.80 bits per heavy atom. The van der Waals surface area contributed by atoms with Gasteiger partial charge in [0.2, 0.25) is 5.91 Å². The van der Waals surface area contributed by atoms with Gasteiger partial charge in [-0.1, -0.05) is 0 Å².